The maximum atomic E-state index is 13.3. The van der Waals surface area contributed by atoms with E-state index in [0.717, 1.165) is 15.9 Å². The number of methoxy groups -OCH3 is 2. The summed E-state index contributed by atoms with van der Waals surface area (Å²) in [4.78, 5) is 26.2. The number of esters is 2. The molecule has 198 valence electrons. The number of hydrogen-bond acceptors (Lipinski definition) is 7. The lowest BCUT2D eigenvalue weighted by Crippen LogP contribution is -2.26. The first-order valence-electron chi connectivity index (χ1n) is 12.4. The van der Waals surface area contributed by atoms with Crippen molar-refractivity contribution in [3.05, 3.63) is 114 Å². The topological polar surface area (TPSA) is 98.0 Å². The van der Waals surface area contributed by atoms with Crippen molar-refractivity contribution >= 4 is 34.9 Å². The highest BCUT2D eigenvalue weighted by atomic mass is 31.2. The molecule has 0 spiro atoms. The molecule has 1 aliphatic rings. The molecule has 0 aliphatic carbocycles. The van der Waals surface area contributed by atoms with E-state index in [0.29, 0.717) is 0 Å². The number of carbonyl (C=O) groups is 2. The lowest BCUT2D eigenvalue weighted by Gasteiger charge is -2.28. The van der Waals surface area contributed by atoms with E-state index in [4.69, 9.17) is 19.0 Å². The fourth-order valence-corrected chi connectivity index (χ4v) is 8.08. The van der Waals surface area contributed by atoms with Gasteiger partial charge < -0.3 is 14.2 Å². The van der Waals surface area contributed by atoms with Gasteiger partial charge in [-0.2, -0.15) is 5.26 Å². The normalized spacial score (nSPS) is 17.4. The van der Waals surface area contributed by atoms with Gasteiger partial charge in [0, 0.05) is 21.8 Å². The number of hydrogen-bond donors (Lipinski definition) is 0. The Morgan fingerprint density at radius 1 is 0.795 bits per heavy atom. The second-order valence-electron chi connectivity index (χ2n) is 8.92. The summed E-state index contributed by atoms with van der Waals surface area (Å²) in [7, 11) is -0.429. The first kappa shape index (κ1) is 27.6. The highest BCUT2D eigenvalue weighted by Gasteiger charge is 2.39. The van der Waals surface area contributed by atoms with E-state index in [1.54, 1.807) is 13.8 Å². The fourth-order valence-electron chi connectivity index (χ4n) is 4.61. The Hall–Kier alpha value is -4.40. The van der Waals surface area contributed by atoms with Crippen molar-refractivity contribution in [3.63, 3.8) is 0 Å². The highest BCUT2D eigenvalue weighted by Crippen LogP contribution is 2.49. The molecule has 1 heterocycles. The van der Waals surface area contributed by atoms with Gasteiger partial charge in [-0.3, -0.25) is 0 Å². The maximum Gasteiger partial charge on any atom is 0.344 e. The van der Waals surface area contributed by atoms with Crippen molar-refractivity contribution in [2.75, 3.05) is 14.2 Å². The molecule has 0 saturated carbocycles. The number of rotatable bonds is 6. The molecule has 2 unspecified atom stereocenters. The standard InChI is InChI=1S/C31H29N2O5P/c1-21-22(2)38-29(28(31(35)37-4)26(20-32)27(21)30(34)36-3)33-39(23-14-8-5-9-15-23,24-16-10-6-11-17-24)25-18-12-7-13-19-25/h5-19,21-22H,1-4H3. The predicted molar refractivity (Wildman–Crippen MR) is 151 cm³/mol. The molecule has 0 N–H and O–H groups in total. The van der Waals surface area contributed by atoms with Gasteiger partial charge in [0.15, 0.2) is 0 Å². The van der Waals surface area contributed by atoms with Crippen LogP contribution < -0.4 is 15.9 Å². The van der Waals surface area contributed by atoms with E-state index in [-0.39, 0.29) is 22.6 Å². The van der Waals surface area contributed by atoms with E-state index in [9.17, 15) is 14.9 Å². The van der Waals surface area contributed by atoms with Crippen LogP contribution >= 0.6 is 7.05 Å². The summed E-state index contributed by atoms with van der Waals surface area (Å²) < 4.78 is 21.8. The molecule has 7 nitrogen and oxygen atoms in total. The molecule has 2 atom stereocenters. The molecule has 0 bridgehead atoms. The zero-order valence-corrected chi connectivity index (χ0v) is 23.1. The van der Waals surface area contributed by atoms with Crippen LogP contribution in [0.2, 0.25) is 0 Å². The Kier molecular flexibility index (Phi) is 8.49. The number of ether oxygens (including phenoxy) is 3. The third-order valence-corrected chi connectivity index (χ3v) is 10.3. The van der Waals surface area contributed by atoms with Crippen LogP contribution in [0.1, 0.15) is 13.8 Å². The van der Waals surface area contributed by atoms with Crippen LogP contribution in [0.3, 0.4) is 0 Å². The van der Waals surface area contributed by atoms with Crippen LogP contribution in [-0.4, -0.2) is 32.3 Å². The largest absolute Gasteiger partial charge is 0.473 e. The van der Waals surface area contributed by atoms with Gasteiger partial charge in [-0.25, -0.2) is 14.3 Å². The number of nitriles is 1. The Bertz CT molecular complexity index is 1420. The van der Waals surface area contributed by atoms with Crippen molar-refractivity contribution in [1.82, 2.24) is 0 Å². The van der Waals surface area contributed by atoms with Crippen molar-refractivity contribution in [1.29, 1.82) is 5.26 Å². The molecule has 1 aliphatic heterocycles. The monoisotopic (exact) mass is 540 g/mol. The summed E-state index contributed by atoms with van der Waals surface area (Å²) in [5.74, 6) is -2.17. The van der Waals surface area contributed by atoms with Gasteiger partial charge >= 0.3 is 11.9 Å². The third kappa shape index (κ3) is 5.16. The lowest BCUT2D eigenvalue weighted by molar-refractivity contribution is -0.137. The quantitative estimate of drug-likeness (QED) is 0.335. The molecule has 0 amide bonds. The minimum atomic E-state index is -2.88. The SMILES string of the molecule is COC(=O)C1=C(N=P(c2ccccc2)(c2ccccc2)c2ccccc2)OC(C)C(C)C(C(=O)OC)=C1C#N. The van der Waals surface area contributed by atoms with Crippen molar-refractivity contribution in [3.8, 4) is 6.07 Å². The van der Waals surface area contributed by atoms with Gasteiger partial charge in [-0.15, -0.1) is 0 Å². The third-order valence-electron chi connectivity index (χ3n) is 6.73. The van der Waals surface area contributed by atoms with Crippen LogP contribution in [0.15, 0.2) is 118 Å². The molecule has 4 rings (SSSR count). The van der Waals surface area contributed by atoms with Gasteiger partial charge in [-0.1, -0.05) is 97.9 Å². The van der Waals surface area contributed by atoms with Crippen LogP contribution in [0.4, 0.5) is 0 Å². The van der Waals surface area contributed by atoms with Crippen LogP contribution in [0, 0.1) is 17.2 Å². The molecule has 0 saturated heterocycles. The number of nitrogens with zero attached hydrogens (tertiary/aromatic N) is 2. The summed E-state index contributed by atoms with van der Waals surface area (Å²) in [6.07, 6.45) is -0.618. The molecule has 8 heteroatoms. The lowest BCUT2D eigenvalue weighted by atomic mass is 9.90. The molecule has 0 radical (unpaired) electrons. The van der Waals surface area contributed by atoms with Gasteiger partial charge in [0.1, 0.15) is 17.7 Å². The molecule has 39 heavy (non-hydrogen) atoms. The van der Waals surface area contributed by atoms with Gasteiger partial charge in [0.2, 0.25) is 5.88 Å². The van der Waals surface area contributed by atoms with Gasteiger partial charge in [-0.05, 0) is 6.92 Å². The van der Waals surface area contributed by atoms with Crippen molar-refractivity contribution in [2.45, 2.75) is 20.0 Å². The summed E-state index contributed by atoms with van der Waals surface area (Å²) in [5.41, 5.74) is -0.332. The Labute approximate surface area is 228 Å². The summed E-state index contributed by atoms with van der Waals surface area (Å²) in [6.45, 7) is 3.52. The molecule has 0 aromatic heterocycles. The maximum absolute atomic E-state index is 13.3. The highest BCUT2D eigenvalue weighted by molar-refractivity contribution is 7.87. The first-order valence-corrected chi connectivity index (χ1v) is 14.1. The van der Waals surface area contributed by atoms with Gasteiger partial charge in [0.25, 0.3) is 0 Å². The average Bonchev–Trinajstić information content (AvgIpc) is 3.09. The second kappa shape index (κ2) is 12.0. The minimum Gasteiger partial charge on any atom is -0.473 e. The predicted octanol–water partition coefficient (Wildman–Crippen LogP) is 4.60. The van der Waals surface area contributed by atoms with E-state index >= 15 is 0 Å². The molecule has 3 aromatic carbocycles. The Morgan fingerprint density at radius 3 is 1.62 bits per heavy atom. The van der Waals surface area contributed by atoms with E-state index in [1.165, 1.54) is 14.2 Å². The zero-order chi connectivity index (χ0) is 28.0. The van der Waals surface area contributed by atoms with E-state index < -0.39 is 31.0 Å². The number of carbonyl (C=O) groups excluding carboxylic acids is 2. The van der Waals surface area contributed by atoms with Gasteiger partial charge in [0.05, 0.1) is 32.4 Å². The zero-order valence-electron chi connectivity index (χ0n) is 22.2. The van der Waals surface area contributed by atoms with Crippen molar-refractivity contribution < 1.29 is 23.8 Å². The van der Waals surface area contributed by atoms with Crippen LogP contribution in [-0.2, 0) is 23.8 Å². The minimum absolute atomic E-state index is 0.0427. The summed E-state index contributed by atoms with van der Waals surface area (Å²) in [5, 5.41) is 13.0. The molecular weight excluding hydrogens is 511 g/mol. The van der Waals surface area contributed by atoms with E-state index in [2.05, 4.69) is 6.07 Å². The Morgan fingerprint density at radius 2 is 1.23 bits per heavy atom. The number of benzene rings is 3. The fraction of sp³-hybridized carbons (Fsp3) is 0.194. The van der Waals surface area contributed by atoms with E-state index in [1.807, 2.05) is 91.0 Å². The molecule has 0 fully saturated rings. The summed E-state index contributed by atoms with van der Waals surface area (Å²) >= 11 is 0. The summed E-state index contributed by atoms with van der Waals surface area (Å²) in [6, 6.07) is 31.5. The smallest absolute Gasteiger partial charge is 0.344 e. The second-order valence-corrected chi connectivity index (χ2v) is 11.9. The molecule has 3 aromatic rings. The van der Waals surface area contributed by atoms with Crippen LogP contribution in [0.5, 0.6) is 0 Å². The average molecular weight is 541 g/mol. The Balaban J connectivity index is 2.25. The van der Waals surface area contributed by atoms with Crippen molar-refractivity contribution in [2.24, 2.45) is 10.7 Å². The molecular formula is C31H29N2O5P. The first-order chi connectivity index (χ1) is 18.9. The van der Waals surface area contributed by atoms with Crippen LogP contribution in [0.25, 0.3) is 0 Å².